The van der Waals surface area contributed by atoms with Crippen molar-refractivity contribution in [1.29, 1.82) is 0 Å². The van der Waals surface area contributed by atoms with E-state index in [2.05, 4.69) is 5.32 Å². The molecule has 0 heterocycles. The Kier molecular flexibility index (Phi) is 10.3. The first-order valence-corrected chi connectivity index (χ1v) is 15.6. The molecule has 11 heteroatoms. The molecule has 1 saturated carbocycles. The van der Waals surface area contributed by atoms with E-state index in [4.69, 9.17) is 21.1 Å². The number of benzene rings is 3. The Hall–Kier alpha value is -3.76. The fourth-order valence-electron chi connectivity index (χ4n) is 4.95. The first-order chi connectivity index (χ1) is 20.1. The summed E-state index contributed by atoms with van der Waals surface area (Å²) in [6.07, 6.45) is 3.88. The van der Waals surface area contributed by atoms with Crippen molar-refractivity contribution in [3.63, 3.8) is 0 Å². The van der Waals surface area contributed by atoms with E-state index in [9.17, 15) is 18.0 Å². The van der Waals surface area contributed by atoms with Gasteiger partial charge in [0.25, 0.3) is 10.0 Å². The molecule has 1 aliphatic rings. The Morgan fingerprint density at radius 2 is 1.60 bits per heavy atom. The van der Waals surface area contributed by atoms with Gasteiger partial charge in [0.15, 0.2) is 0 Å². The lowest BCUT2D eigenvalue weighted by Crippen LogP contribution is -2.52. The van der Waals surface area contributed by atoms with Gasteiger partial charge in [-0.05, 0) is 86.0 Å². The van der Waals surface area contributed by atoms with Gasteiger partial charge in [-0.1, -0.05) is 36.6 Å². The van der Waals surface area contributed by atoms with Gasteiger partial charge in [0, 0.05) is 17.6 Å². The van der Waals surface area contributed by atoms with Crippen LogP contribution >= 0.6 is 11.6 Å². The highest BCUT2D eigenvalue weighted by Crippen LogP contribution is 2.27. The molecule has 0 saturated heterocycles. The highest BCUT2D eigenvalue weighted by atomic mass is 35.5. The van der Waals surface area contributed by atoms with Gasteiger partial charge >= 0.3 is 0 Å². The van der Waals surface area contributed by atoms with Gasteiger partial charge in [-0.3, -0.25) is 13.9 Å². The van der Waals surface area contributed by atoms with Gasteiger partial charge in [0.05, 0.1) is 24.8 Å². The highest BCUT2D eigenvalue weighted by Gasteiger charge is 2.33. The maximum atomic E-state index is 14.1. The summed E-state index contributed by atoms with van der Waals surface area (Å²) in [5, 5.41) is 3.48. The van der Waals surface area contributed by atoms with Crippen LogP contribution in [0.5, 0.6) is 11.5 Å². The van der Waals surface area contributed by atoms with Crippen molar-refractivity contribution in [1.82, 2.24) is 10.2 Å². The van der Waals surface area contributed by atoms with E-state index in [0.29, 0.717) is 16.5 Å². The monoisotopic (exact) mass is 613 g/mol. The topological polar surface area (TPSA) is 105 Å². The first-order valence-electron chi connectivity index (χ1n) is 13.8. The number of hydrogen-bond acceptors (Lipinski definition) is 6. The lowest BCUT2D eigenvalue weighted by Gasteiger charge is -2.32. The van der Waals surface area contributed by atoms with Crippen molar-refractivity contribution in [3.8, 4) is 11.5 Å². The van der Waals surface area contributed by atoms with Crippen molar-refractivity contribution >= 4 is 39.1 Å². The Morgan fingerprint density at radius 1 is 0.952 bits per heavy atom. The van der Waals surface area contributed by atoms with Crippen LogP contribution in [0, 0.1) is 0 Å². The molecule has 0 aromatic heterocycles. The van der Waals surface area contributed by atoms with E-state index >= 15 is 0 Å². The number of hydrogen-bond donors (Lipinski definition) is 1. The summed E-state index contributed by atoms with van der Waals surface area (Å²) in [7, 11) is -1.16. The SMILES string of the molecule is COc1ccc(S(=O)(=O)N(CC(=O)N(Cc2cccc(OC)c2)[C@@H](C)C(=O)NC2CCCC2)c2ccc(Cl)cc2)cc1. The summed E-state index contributed by atoms with van der Waals surface area (Å²) in [6, 6.07) is 18.5. The minimum absolute atomic E-state index is 0.0163. The second kappa shape index (κ2) is 13.9. The number of amides is 2. The molecule has 9 nitrogen and oxygen atoms in total. The number of methoxy groups -OCH3 is 2. The van der Waals surface area contributed by atoms with Gasteiger partial charge in [-0.2, -0.15) is 0 Å². The minimum Gasteiger partial charge on any atom is -0.497 e. The zero-order chi connectivity index (χ0) is 30.3. The number of carbonyl (C=O) groups excluding carboxylic acids is 2. The summed E-state index contributed by atoms with van der Waals surface area (Å²) in [5.74, 6) is 0.274. The number of rotatable bonds is 12. The van der Waals surface area contributed by atoms with Crippen LogP contribution in [0.4, 0.5) is 5.69 Å². The van der Waals surface area contributed by atoms with Gasteiger partial charge in [-0.15, -0.1) is 0 Å². The predicted molar refractivity (Wildman–Crippen MR) is 162 cm³/mol. The van der Waals surface area contributed by atoms with Crippen LogP contribution in [0.25, 0.3) is 0 Å². The number of anilines is 1. The van der Waals surface area contributed by atoms with Gasteiger partial charge < -0.3 is 19.7 Å². The number of carbonyl (C=O) groups is 2. The summed E-state index contributed by atoms with van der Waals surface area (Å²) >= 11 is 6.09. The van der Waals surface area contributed by atoms with Gasteiger partial charge in [-0.25, -0.2) is 8.42 Å². The van der Waals surface area contributed by atoms with E-state index in [1.807, 2.05) is 6.07 Å². The fraction of sp³-hybridized carbons (Fsp3) is 0.355. The number of halogens is 1. The minimum atomic E-state index is -4.20. The second-order valence-corrected chi connectivity index (χ2v) is 12.5. The molecule has 0 aliphatic heterocycles. The molecule has 3 aromatic rings. The van der Waals surface area contributed by atoms with Crippen LogP contribution in [0.15, 0.2) is 77.7 Å². The maximum Gasteiger partial charge on any atom is 0.264 e. The summed E-state index contributed by atoms with van der Waals surface area (Å²) in [5.41, 5.74) is 0.993. The molecule has 1 N–H and O–H groups in total. The summed E-state index contributed by atoms with van der Waals surface area (Å²) in [6.45, 7) is 1.19. The second-order valence-electron chi connectivity index (χ2n) is 10.2. The molecule has 1 atom stereocenters. The van der Waals surface area contributed by atoms with Crippen LogP contribution in [0.3, 0.4) is 0 Å². The quantitative estimate of drug-likeness (QED) is 0.307. The fourth-order valence-corrected chi connectivity index (χ4v) is 6.49. The summed E-state index contributed by atoms with van der Waals surface area (Å²) < 4.78 is 39.4. The van der Waals surface area contributed by atoms with Crippen molar-refractivity contribution in [3.05, 3.63) is 83.4 Å². The van der Waals surface area contributed by atoms with Gasteiger partial charge in [0.1, 0.15) is 24.1 Å². The standard InChI is InChI=1S/C31H36ClN3O6S/c1-22(31(37)33-25-8-4-5-9-25)34(20-23-7-6-10-28(19-23)41-3)30(36)21-35(26-13-11-24(32)12-14-26)42(38,39)29-17-15-27(40-2)16-18-29/h6-7,10-19,22,25H,4-5,8-9,20-21H2,1-3H3,(H,33,37)/t22-/m0/s1. The Balaban J connectivity index is 1.69. The van der Waals surface area contributed by atoms with Crippen molar-refractivity contribution in [2.24, 2.45) is 0 Å². The summed E-state index contributed by atoms with van der Waals surface area (Å²) in [4.78, 5) is 28.8. The average molecular weight is 614 g/mol. The molecule has 1 aliphatic carbocycles. The lowest BCUT2D eigenvalue weighted by atomic mass is 10.1. The maximum absolute atomic E-state index is 14.1. The van der Waals surface area contributed by atoms with Crippen molar-refractivity contribution < 1.29 is 27.5 Å². The van der Waals surface area contributed by atoms with E-state index in [0.717, 1.165) is 35.6 Å². The normalized spacial score (nSPS) is 14.2. The van der Waals surface area contributed by atoms with E-state index in [1.165, 1.54) is 24.1 Å². The molecular weight excluding hydrogens is 578 g/mol. The highest BCUT2D eigenvalue weighted by molar-refractivity contribution is 7.92. The largest absolute Gasteiger partial charge is 0.497 e. The molecule has 0 bridgehead atoms. The van der Waals surface area contributed by atoms with Crippen molar-refractivity contribution in [2.45, 2.75) is 56.1 Å². The lowest BCUT2D eigenvalue weighted by molar-refractivity contribution is -0.139. The van der Waals surface area contributed by atoms with E-state index < -0.39 is 28.5 Å². The number of sulfonamides is 1. The average Bonchev–Trinajstić information content (AvgIpc) is 3.52. The molecule has 3 aromatic carbocycles. The van der Waals surface area contributed by atoms with Crippen LogP contribution in [0.2, 0.25) is 5.02 Å². The van der Waals surface area contributed by atoms with E-state index in [1.54, 1.807) is 68.6 Å². The molecule has 2 amide bonds. The van der Waals surface area contributed by atoms with Crippen LogP contribution in [-0.4, -0.2) is 58.0 Å². The Morgan fingerprint density at radius 3 is 2.21 bits per heavy atom. The van der Waals surface area contributed by atoms with Crippen LogP contribution in [0.1, 0.15) is 38.2 Å². The molecule has 1 fully saturated rings. The molecule has 42 heavy (non-hydrogen) atoms. The molecule has 0 spiro atoms. The first kappa shape index (κ1) is 31.2. The predicted octanol–water partition coefficient (Wildman–Crippen LogP) is 5.03. The Labute approximate surface area is 252 Å². The zero-order valence-corrected chi connectivity index (χ0v) is 25.5. The number of nitrogens with zero attached hydrogens (tertiary/aromatic N) is 2. The molecular formula is C31H36ClN3O6S. The smallest absolute Gasteiger partial charge is 0.264 e. The molecule has 0 unspecified atom stereocenters. The third-order valence-electron chi connectivity index (χ3n) is 7.40. The zero-order valence-electron chi connectivity index (χ0n) is 24.0. The van der Waals surface area contributed by atoms with Gasteiger partial charge in [0.2, 0.25) is 11.8 Å². The van der Waals surface area contributed by atoms with E-state index in [-0.39, 0.29) is 29.1 Å². The van der Waals surface area contributed by atoms with Crippen molar-refractivity contribution in [2.75, 3.05) is 25.1 Å². The molecule has 224 valence electrons. The van der Waals surface area contributed by atoms with Crippen LogP contribution in [-0.2, 0) is 26.2 Å². The van der Waals surface area contributed by atoms with Crippen LogP contribution < -0.4 is 19.1 Å². The molecule has 0 radical (unpaired) electrons. The Bertz CT molecular complexity index is 1480. The third kappa shape index (κ3) is 7.54. The number of ether oxygens (including phenoxy) is 2. The molecule has 4 rings (SSSR count). The third-order valence-corrected chi connectivity index (χ3v) is 9.44. The number of nitrogens with one attached hydrogen (secondary N) is 1.